The third-order valence-corrected chi connectivity index (χ3v) is 4.27. The van der Waals surface area contributed by atoms with Gasteiger partial charge in [0.25, 0.3) is 0 Å². The molecule has 3 heteroatoms. The average molecular weight is 265 g/mol. The predicted molar refractivity (Wildman–Crippen MR) is 81.0 cm³/mol. The maximum absolute atomic E-state index is 9.45. The van der Waals surface area contributed by atoms with Crippen LogP contribution in [0.3, 0.4) is 0 Å². The molecule has 0 radical (unpaired) electrons. The van der Waals surface area contributed by atoms with E-state index in [1.54, 1.807) is 0 Å². The summed E-state index contributed by atoms with van der Waals surface area (Å²) in [5.41, 5.74) is -0.297. The molecule has 3 nitrogen and oxygen atoms in total. The van der Waals surface area contributed by atoms with Crippen molar-refractivity contribution in [1.29, 1.82) is 5.26 Å². The van der Waals surface area contributed by atoms with Gasteiger partial charge in [-0.15, -0.1) is 0 Å². The Morgan fingerprint density at radius 1 is 1.32 bits per heavy atom. The third-order valence-electron chi connectivity index (χ3n) is 4.27. The summed E-state index contributed by atoms with van der Waals surface area (Å²) in [6.07, 6.45) is 6.93. The highest BCUT2D eigenvalue weighted by molar-refractivity contribution is 5.06. The van der Waals surface area contributed by atoms with Crippen molar-refractivity contribution in [3.05, 3.63) is 0 Å². The number of nitriles is 1. The smallest absolute Gasteiger partial charge is 0.106 e. The van der Waals surface area contributed by atoms with Crippen molar-refractivity contribution in [3.63, 3.8) is 0 Å². The van der Waals surface area contributed by atoms with Crippen LogP contribution in [0.2, 0.25) is 0 Å². The molecule has 1 aliphatic rings. The molecular formula is C16H31N3. The van der Waals surface area contributed by atoms with Gasteiger partial charge in [-0.2, -0.15) is 5.26 Å². The van der Waals surface area contributed by atoms with Gasteiger partial charge in [0.15, 0.2) is 0 Å². The summed E-state index contributed by atoms with van der Waals surface area (Å²) >= 11 is 0. The molecule has 0 amide bonds. The Balaban J connectivity index is 2.31. The van der Waals surface area contributed by atoms with Crippen LogP contribution in [0.4, 0.5) is 0 Å². The highest BCUT2D eigenvalue weighted by Gasteiger charge is 2.27. The van der Waals surface area contributed by atoms with Crippen LogP contribution >= 0.6 is 0 Å². The van der Waals surface area contributed by atoms with E-state index in [1.807, 2.05) is 0 Å². The first-order chi connectivity index (χ1) is 9.19. The lowest BCUT2D eigenvalue weighted by atomic mass is 9.91. The molecule has 0 aromatic carbocycles. The minimum Gasteiger partial charge on any atom is -0.303 e. The molecule has 1 unspecified atom stereocenters. The normalized spacial score (nSPS) is 18.3. The van der Waals surface area contributed by atoms with Gasteiger partial charge in [-0.3, -0.25) is 5.32 Å². The van der Waals surface area contributed by atoms with Crippen LogP contribution in [0.15, 0.2) is 0 Å². The first-order valence-electron chi connectivity index (χ1n) is 8.08. The Bertz CT molecular complexity index is 280. The second kappa shape index (κ2) is 8.55. The van der Waals surface area contributed by atoms with Gasteiger partial charge in [0, 0.05) is 6.54 Å². The largest absolute Gasteiger partial charge is 0.303 e. The molecule has 1 saturated carbocycles. The van der Waals surface area contributed by atoms with Gasteiger partial charge in [0.1, 0.15) is 5.54 Å². The molecule has 1 fully saturated rings. The summed E-state index contributed by atoms with van der Waals surface area (Å²) in [6.45, 7) is 11.0. The van der Waals surface area contributed by atoms with Gasteiger partial charge in [0.2, 0.25) is 0 Å². The standard InChI is InChI=1S/C16H31N3/c1-4-11-18-16(5-2,14-17)10-7-12-19(6-3)13-15-8-9-15/h15,18H,4-13H2,1-3H3. The Morgan fingerprint density at radius 2 is 2.05 bits per heavy atom. The number of nitrogens with zero attached hydrogens (tertiary/aromatic N) is 2. The quantitative estimate of drug-likeness (QED) is 0.623. The summed E-state index contributed by atoms with van der Waals surface area (Å²) in [4.78, 5) is 2.55. The van der Waals surface area contributed by atoms with Crippen molar-refractivity contribution in [2.45, 2.75) is 64.8 Å². The van der Waals surface area contributed by atoms with Crippen LogP contribution in [0.5, 0.6) is 0 Å². The van der Waals surface area contributed by atoms with E-state index in [9.17, 15) is 5.26 Å². The number of rotatable bonds is 11. The van der Waals surface area contributed by atoms with Crippen LogP contribution in [-0.4, -0.2) is 36.6 Å². The fourth-order valence-electron chi connectivity index (χ4n) is 2.58. The molecule has 110 valence electrons. The summed E-state index contributed by atoms with van der Waals surface area (Å²) < 4.78 is 0. The molecule has 0 bridgehead atoms. The lowest BCUT2D eigenvalue weighted by molar-refractivity contribution is 0.254. The molecule has 0 aromatic rings. The summed E-state index contributed by atoms with van der Waals surface area (Å²) in [5.74, 6) is 0.963. The van der Waals surface area contributed by atoms with E-state index in [-0.39, 0.29) is 5.54 Å². The average Bonchev–Trinajstić information content (AvgIpc) is 3.25. The molecule has 0 aromatic heterocycles. The van der Waals surface area contributed by atoms with Gasteiger partial charge in [-0.1, -0.05) is 20.8 Å². The number of hydrogen-bond acceptors (Lipinski definition) is 3. The topological polar surface area (TPSA) is 39.1 Å². The van der Waals surface area contributed by atoms with E-state index >= 15 is 0 Å². The maximum atomic E-state index is 9.45. The summed E-state index contributed by atoms with van der Waals surface area (Å²) in [6, 6.07) is 2.52. The van der Waals surface area contributed by atoms with Crippen LogP contribution in [0.25, 0.3) is 0 Å². The number of hydrogen-bond donors (Lipinski definition) is 1. The van der Waals surface area contributed by atoms with Crippen molar-refractivity contribution in [1.82, 2.24) is 10.2 Å². The summed E-state index contributed by atoms with van der Waals surface area (Å²) in [7, 11) is 0. The fraction of sp³-hybridized carbons (Fsp3) is 0.938. The summed E-state index contributed by atoms with van der Waals surface area (Å²) in [5, 5.41) is 12.9. The zero-order chi connectivity index (χ0) is 14.1. The zero-order valence-electron chi connectivity index (χ0n) is 13.0. The van der Waals surface area contributed by atoms with E-state index in [1.165, 1.54) is 19.4 Å². The fourth-order valence-corrected chi connectivity index (χ4v) is 2.58. The minimum absolute atomic E-state index is 0.297. The lowest BCUT2D eigenvalue weighted by Crippen LogP contribution is -2.44. The molecule has 0 saturated heterocycles. The molecule has 0 spiro atoms. The van der Waals surface area contributed by atoms with Crippen molar-refractivity contribution in [2.75, 3.05) is 26.2 Å². The van der Waals surface area contributed by atoms with Crippen molar-refractivity contribution < 1.29 is 0 Å². The Kier molecular flexibility index (Phi) is 7.41. The highest BCUT2D eigenvalue weighted by Crippen LogP contribution is 2.29. The molecule has 0 aliphatic heterocycles. The molecule has 1 atom stereocenters. The van der Waals surface area contributed by atoms with E-state index < -0.39 is 0 Å². The maximum Gasteiger partial charge on any atom is 0.106 e. The molecule has 1 N–H and O–H groups in total. The van der Waals surface area contributed by atoms with Gasteiger partial charge in [0.05, 0.1) is 6.07 Å². The van der Waals surface area contributed by atoms with Crippen LogP contribution in [0.1, 0.15) is 59.3 Å². The second-order valence-corrected chi connectivity index (χ2v) is 5.91. The Hall–Kier alpha value is -0.590. The van der Waals surface area contributed by atoms with Crippen molar-refractivity contribution in [2.24, 2.45) is 5.92 Å². The first kappa shape index (κ1) is 16.5. The van der Waals surface area contributed by atoms with E-state index in [4.69, 9.17) is 0 Å². The highest BCUT2D eigenvalue weighted by atomic mass is 15.1. The van der Waals surface area contributed by atoms with Gasteiger partial charge in [-0.05, 0) is 64.1 Å². The Labute approximate surface area is 119 Å². The molecule has 1 rings (SSSR count). The monoisotopic (exact) mass is 265 g/mol. The number of nitrogens with one attached hydrogen (secondary N) is 1. The predicted octanol–water partition coefficient (Wildman–Crippen LogP) is 3.17. The minimum atomic E-state index is -0.297. The lowest BCUT2D eigenvalue weighted by Gasteiger charge is -2.28. The molecule has 19 heavy (non-hydrogen) atoms. The molecule has 1 aliphatic carbocycles. The van der Waals surface area contributed by atoms with Crippen molar-refractivity contribution >= 4 is 0 Å². The molecule has 0 heterocycles. The first-order valence-corrected chi connectivity index (χ1v) is 8.08. The Morgan fingerprint density at radius 3 is 2.53 bits per heavy atom. The zero-order valence-corrected chi connectivity index (χ0v) is 13.0. The SMILES string of the molecule is CCCNC(C#N)(CC)CCCN(CC)CC1CC1. The van der Waals surface area contributed by atoms with E-state index in [0.717, 1.165) is 51.2 Å². The van der Waals surface area contributed by atoms with E-state index in [2.05, 4.69) is 37.1 Å². The van der Waals surface area contributed by atoms with Crippen LogP contribution < -0.4 is 5.32 Å². The van der Waals surface area contributed by atoms with Crippen LogP contribution in [-0.2, 0) is 0 Å². The third kappa shape index (κ3) is 5.93. The van der Waals surface area contributed by atoms with Gasteiger partial charge in [-0.25, -0.2) is 0 Å². The van der Waals surface area contributed by atoms with Crippen LogP contribution in [0, 0.1) is 17.2 Å². The van der Waals surface area contributed by atoms with Crippen molar-refractivity contribution in [3.8, 4) is 6.07 Å². The molecular weight excluding hydrogens is 234 g/mol. The van der Waals surface area contributed by atoms with Gasteiger partial charge < -0.3 is 4.90 Å². The van der Waals surface area contributed by atoms with Gasteiger partial charge >= 0.3 is 0 Å². The second-order valence-electron chi connectivity index (χ2n) is 5.91. The van der Waals surface area contributed by atoms with E-state index in [0.29, 0.717) is 0 Å².